The van der Waals surface area contributed by atoms with Crippen molar-refractivity contribution in [2.24, 2.45) is 12.5 Å². The molecular formula is C16H23N3O2. The summed E-state index contributed by atoms with van der Waals surface area (Å²) in [6, 6.07) is 8.17. The monoisotopic (exact) mass is 289 g/mol. The van der Waals surface area contributed by atoms with Crippen molar-refractivity contribution in [3.63, 3.8) is 0 Å². The lowest BCUT2D eigenvalue weighted by molar-refractivity contribution is 0.124. The Hall–Kier alpha value is -1.43. The lowest BCUT2D eigenvalue weighted by Crippen LogP contribution is -2.35. The number of nitrogens with zero attached hydrogens (tertiary/aromatic N) is 2. The molecule has 1 aromatic heterocycles. The molecule has 114 valence electrons. The van der Waals surface area contributed by atoms with Gasteiger partial charge in [0.1, 0.15) is 5.82 Å². The maximum atomic E-state index is 9.25. The summed E-state index contributed by atoms with van der Waals surface area (Å²) in [6.45, 7) is 3.35. The summed E-state index contributed by atoms with van der Waals surface area (Å²) in [6.07, 6.45) is 1.81. The molecule has 0 amide bonds. The van der Waals surface area contributed by atoms with Crippen molar-refractivity contribution < 1.29 is 9.84 Å². The highest BCUT2D eigenvalue weighted by molar-refractivity contribution is 5.75. The molecule has 2 N–H and O–H groups in total. The molecule has 1 aromatic carbocycles. The van der Waals surface area contributed by atoms with Crippen molar-refractivity contribution in [2.45, 2.75) is 19.4 Å². The summed E-state index contributed by atoms with van der Waals surface area (Å²) < 4.78 is 7.65. The average molecular weight is 289 g/mol. The molecule has 0 bridgehead atoms. The summed E-state index contributed by atoms with van der Waals surface area (Å²) in [4.78, 5) is 4.66. The first-order valence-electron chi connectivity index (χ1n) is 7.54. The second-order valence-corrected chi connectivity index (χ2v) is 5.96. The fourth-order valence-electron chi connectivity index (χ4n) is 3.10. The molecule has 2 heterocycles. The molecule has 0 spiro atoms. The van der Waals surface area contributed by atoms with Crippen LogP contribution >= 0.6 is 0 Å². The number of aliphatic hydroxyl groups excluding tert-OH is 1. The SMILES string of the molecule is Cn1c(CNCC2(CCO)CCOC2)nc2ccccc21. The normalized spacial score (nSPS) is 22.2. The Labute approximate surface area is 124 Å². The van der Waals surface area contributed by atoms with E-state index in [0.717, 1.165) is 56.0 Å². The highest BCUT2D eigenvalue weighted by Crippen LogP contribution is 2.31. The van der Waals surface area contributed by atoms with Crippen molar-refractivity contribution >= 4 is 11.0 Å². The van der Waals surface area contributed by atoms with Gasteiger partial charge in [0, 0.05) is 32.2 Å². The lowest BCUT2D eigenvalue weighted by Gasteiger charge is -2.26. The van der Waals surface area contributed by atoms with Crippen molar-refractivity contribution in [1.82, 2.24) is 14.9 Å². The molecular weight excluding hydrogens is 266 g/mol. The van der Waals surface area contributed by atoms with Crippen LogP contribution in [0.1, 0.15) is 18.7 Å². The second kappa shape index (κ2) is 6.13. The number of hydrogen-bond acceptors (Lipinski definition) is 4. The third-order valence-corrected chi connectivity index (χ3v) is 4.49. The summed E-state index contributed by atoms with van der Waals surface area (Å²) in [5, 5.41) is 12.7. The van der Waals surface area contributed by atoms with Crippen LogP contribution in [0.5, 0.6) is 0 Å². The minimum Gasteiger partial charge on any atom is -0.396 e. The molecule has 1 aliphatic rings. The first-order chi connectivity index (χ1) is 10.2. The zero-order chi connectivity index (χ0) is 14.7. The highest BCUT2D eigenvalue weighted by Gasteiger charge is 2.33. The second-order valence-electron chi connectivity index (χ2n) is 5.96. The standard InChI is InChI=1S/C16H23N3O2/c1-19-14-5-3-2-4-13(14)18-15(19)10-17-11-16(6-8-20)7-9-21-12-16/h2-5,17,20H,6-12H2,1H3. The third-order valence-electron chi connectivity index (χ3n) is 4.49. The van der Waals surface area contributed by atoms with E-state index in [2.05, 4.69) is 28.0 Å². The van der Waals surface area contributed by atoms with Crippen molar-refractivity contribution in [3.8, 4) is 0 Å². The van der Waals surface area contributed by atoms with E-state index in [4.69, 9.17) is 4.74 Å². The first-order valence-corrected chi connectivity index (χ1v) is 7.54. The van der Waals surface area contributed by atoms with Crippen LogP contribution in [0.15, 0.2) is 24.3 Å². The third kappa shape index (κ3) is 2.95. The van der Waals surface area contributed by atoms with Crippen LogP contribution in [0.4, 0.5) is 0 Å². The highest BCUT2D eigenvalue weighted by atomic mass is 16.5. The predicted octanol–water partition coefficient (Wildman–Crippen LogP) is 1.45. The molecule has 0 saturated carbocycles. The molecule has 5 nitrogen and oxygen atoms in total. The van der Waals surface area contributed by atoms with Crippen LogP contribution in [0.2, 0.25) is 0 Å². The van der Waals surface area contributed by atoms with Gasteiger partial charge in [0.15, 0.2) is 0 Å². The molecule has 2 aromatic rings. The number of imidazole rings is 1. The zero-order valence-corrected chi connectivity index (χ0v) is 12.5. The van der Waals surface area contributed by atoms with Gasteiger partial charge in [-0.25, -0.2) is 4.98 Å². The number of nitrogens with one attached hydrogen (secondary N) is 1. The minimum absolute atomic E-state index is 0.0827. The molecule has 0 aliphatic carbocycles. The Morgan fingerprint density at radius 2 is 2.29 bits per heavy atom. The summed E-state index contributed by atoms with van der Waals surface area (Å²) >= 11 is 0. The van der Waals surface area contributed by atoms with Gasteiger partial charge in [0.05, 0.1) is 24.2 Å². The first kappa shape index (κ1) is 14.5. The minimum atomic E-state index is 0.0827. The van der Waals surface area contributed by atoms with Crippen LogP contribution in [0, 0.1) is 5.41 Å². The maximum Gasteiger partial charge on any atom is 0.123 e. The Morgan fingerprint density at radius 1 is 1.43 bits per heavy atom. The van der Waals surface area contributed by atoms with Crippen molar-refractivity contribution in [2.75, 3.05) is 26.4 Å². The van der Waals surface area contributed by atoms with E-state index < -0.39 is 0 Å². The molecule has 1 saturated heterocycles. The lowest BCUT2D eigenvalue weighted by atomic mass is 9.84. The number of hydrogen-bond donors (Lipinski definition) is 2. The maximum absolute atomic E-state index is 9.25. The Morgan fingerprint density at radius 3 is 3.00 bits per heavy atom. The van der Waals surface area contributed by atoms with E-state index in [1.165, 1.54) is 0 Å². The van der Waals surface area contributed by atoms with E-state index in [1.807, 2.05) is 18.2 Å². The number of aromatic nitrogens is 2. The Bertz CT molecular complexity index is 603. The molecule has 5 heteroatoms. The summed E-state index contributed by atoms with van der Waals surface area (Å²) in [7, 11) is 2.05. The van der Waals surface area contributed by atoms with Gasteiger partial charge in [-0.05, 0) is 25.0 Å². The van der Waals surface area contributed by atoms with E-state index in [-0.39, 0.29) is 12.0 Å². The van der Waals surface area contributed by atoms with Gasteiger partial charge in [-0.3, -0.25) is 0 Å². The number of para-hydroxylation sites is 2. The molecule has 1 fully saturated rings. The fraction of sp³-hybridized carbons (Fsp3) is 0.562. The van der Waals surface area contributed by atoms with Crippen molar-refractivity contribution in [1.29, 1.82) is 0 Å². The van der Waals surface area contributed by atoms with Gasteiger partial charge in [-0.2, -0.15) is 0 Å². The quantitative estimate of drug-likeness (QED) is 0.845. The van der Waals surface area contributed by atoms with Gasteiger partial charge in [-0.1, -0.05) is 12.1 Å². The van der Waals surface area contributed by atoms with Crippen LogP contribution in [0.3, 0.4) is 0 Å². The Balaban J connectivity index is 1.65. The van der Waals surface area contributed by atoms with Crippen molar-refractivity contribution in [3.05, 3.63) is 30.1 Å². The number of benzene rings is 1. The van der Waals surface area contributed by atoms with E-state index in [1.54, 1.807) is 0 Å². The van der Waals surface area contributed by atoms with Crippen LogP contribution in [-0.2, 0) is 18.3 Å². The van der Waals surface area contributed by atoms with Gasteiger partial charge < -0.3 is 19.7 Å². The number of aliphatic hydroxyl groups is 1. The smallest absolute Gasteiger partial charge is 0.123 e. The number of rotatable bonds is 6. The largest absolute Gasteiger partial charge is 0.396 e. The van der Waals surface area contributed by atoms with Gasteiger partial charge in [0.25, 0.3) is 0 Å². The van der Waals surface area contributed by atoms with Crippen LogP contribution < -0.4 is 5.32 Å². The van der Waals surface area contributed by atoms with Crippen LogP contribution in [0.25, 0.3) is 11.0 Å². The molecule has 1 unspecified atom stereocenters. The molecule has 1 aliphatic heterocycles. The van der Waals surface area contributed by atoms with Gasteiger partial charge >= 0.3 is 0 Å². The molecule has 0 radical (unpaired) electrons. The summed E-state index contributed by atoms with van der Waals surface area (Å²) in [5.41, 5.74) is 2.27. The zero-order valence-electron chi connectivity index (χ0n) is 12.5. The van der Waals surface area contributed by atoms with Gasteiger partial charge in [0.2, 0.25) is 0 Å². The molecule has 1 atom stereocenters. The van der Waals surface area contributed by atoms with E-state index in [9.17, 15) is 5.11 Å². The number of aryl methyl sites for hydroxylation is 1. The molecule has 3 rings (SSSR count). The predicted molar refractivity (Wildman–Crippen MR) is 82.0 cm³/mol. The van der Waals surface area contributed by atoms with Gasteiger partial charge in [-0.15, -0.1) is 0 Å². The Kier molecular flexibility index (Phi) is 4.24. The van der Waals surface area contributed by atoms with E-state index >= 15 is 0 Å². The number of ether oxygens (including phenoxy) is 1. The average Bonchev–Trinajstić information content (AvgIpc) is 3.07. The fourth-order valence-corrected chi connectivity index (χ4v) is 3.10. The topological polar surface area (TPSA) is 59.3 Å². The van der Waals surface area contributed by atoms with E-state index in [0.29, 0.717) is 0 Å². The number of fused-ring (bicyclic) bond motifs is 1. The molecule has 21 heavy (non-hydrogen) atoms. The van der Waals surface area contributed by atoms with Crippen LogP contribution in [-0.4, -0.2) is 41.0 Å². The summed E-state index contributed by atoms with van der Waals surface area (Å²) in [5.74, 6) is 1.04.